The molecule has 28 heavy (non-hydrogen) atoms. The lowest BCUT2D eigenvalue weighted by Crippen LogP contribution is -2.37. The number of fused-ring (bicyclic) bond motifs is 4. The Bertz CT molecular complexity index is 1090. The Morgan fingerprint density at radius 1 is 1.29 bits per heavy atom. The number of hydrogen-bond donors (Lipinski definition) is 3. The average molecular weight is 377 g/mol. The van der Waals surface area contributed by atoms with Gasteiger partial charge in [0.1, 0.15) is 23.2 Å². The van der Waals surface area contributed by atoms with Crippen LogP contribution in [0.1, 0.15) is 17.7 Å². The molecule has 2 aliphatic rings. The molecular formula is C20H23N7O. The second-order valence-electron chi connectivity index (χ2n) is 7.23. The van der Waals surface area contributed by atoms with Crippen molar-refractivity contribution < 1.29 is 4.74 Å². The Balaban J connectivity index is 1.32. The summed E-state index contributed by atoms with van der Waals surface area (Å²) in [5.41, 5.74) is 6.79. The van der Waals surface area contributed by atoms with Crippen LogP contribution in [0.3, 0.4) is 0 Å². The van der Waals surface area contributed by atoms with E-state index in [2.05, 4.69) is 31.7 Å². The minimum Gasteiger partial charge on any atom is -0.494 e. The van der Waals surface area contributed by atoms with Gasteiger partial charge in [0.15, 0.2) is 0 Å². The summed E-state index contributed by atoms with van der Waals surface area (Å²) >= 11 is 0. The minimum atomic E-state index is 0.0489. The highest BCUT2D eigenvalue weighted by atomic mass is 16.5. The van der Waals surface area contributed by atoms with Gasteiger partial charge in [0.05, 0.1) is 12.8 Å². The summed E-state index contributed by atoms with van der Waals surface area (Å²) in [4.78, 5) is 11.4. The van der Waals surface area contributed by atoms with Gasteiger partial charge in [-0.1, -0.05) is 12.1 Å². The molecule has 144 valence electrons. The molecule has 3 N–H and O–H groups in total. The standard InChI is InChI=1S/C20H23N7O/c1-28-16-6-2-5-14-18(16)24-20(21)27-19(14)23-17(25-27)8-11-26-10-7-13-4-3-9-22-15(13)12-26/h2-6,9,17,21,23,25H,7-8,10-12H2,1H3. The number of nitrogens with zero attached hydrogens (tertiary/aromatic N) is 4. The maximum atomic E-state index is 8.28. The van der Waals surface area contributed by atoms with Crippen LogP contribution in [0.4, 0.5) is 5.82 Å². The van der Waals surface area contributed by atoms with Crippen LogP contribution in [0.25, 0.3) is 10.9 Å². The first-order chi connectivity index (χ1) is 13.7. The Hall–Kier alpha value is -3.13. The van der Waals surface area contributed by atoms with Gasteiger partial charge in [-0.15, -0.1) is 0 Å². The SMILES string of the molecule is COc1cccc2c3n(c(=N)nc12)NC(CCN1CCc2cccnc2C1)N3. The number of pyridine rings is 1. The topological polar surface area (TPSA) is 91.1 Å². The molecule has 8 nitrogen and oxygen atoms in total. The molecule has 1 aromatic carbocycles. The molecule has 0 fully saturated rings. The fraction of sp³-hybridized carbons (Fsp3) is 0.350. The van der Waals surface area contributed by atoms with Crippen LogP contribution >= 0.6 is 0 Å². The zero-order valence-corrected chi connectivity index (χ0v) is 15.8. The number of aromatic nitrogens is 3. The van der Waals surface area contributed by atoms with Gasteiger partial charge in [-0.2, -0.15) is 0 Å². The van der Waals surface area contributed by atoms with Gasteiger partial charge in [-0.25, -0.2) is 9.66 Å². The van der Waals surface area contributed by atoms with Gasteiger partial charge in [0.2, 0.25) is 5.62 Å². The Morgan fingerprint density at radius 2 is 2.21 bits per heavy atom. The van der Waals surface area contributed by atoms with Crippen LogP contribution in [0.2, 0.25) is 0 Å². The number of rotatable bonds is 4. The van der Waals surface area contributed by atoms with E-state index >= 15 is 0 Å². The highest BCUT2D eigenvalue weighted by Crippen LogP contribution is 2.29. The van der Waals surface area contributed by atoms with E-state index in [1.807, 2.05) is 30.5 Å². The summed E-state index contributed by atoms with van der Waals surface area (Å²) in [6.07, 6.45) is 3.88. The molecule has 0 aliphatic carbocycles. The summed E-state index contributed by atoms with van der Waals surface area (Å²) in [6, 6.07) is 10.0. The van der Waals surface area contributed by atoms with E-state index in [1.54, 1.807) is 11.8 Å². The van der Waals surface area contributed by atoms with Gasteiger partial charge < -0.3 is 10.1 Å². The van der Waals surface area contributed by atoms with E-state index in [0.717, 1.165) is 43.7 Å². The number of hydrogen-bond acceptors (Lipinski definition) is 7. The predicted molar refractivity (Wildman–Crippen MR) is 107 cm³/mol. The first-order valence-corrected chi connectivity index (χ1v) is 9.55. The van der Waals surface area contributed by atoms with Gasteiger partial charge in [-0.05, 0) is 30.2 Å². The molecule has 0 amide bonds. The number of ether oxygens (including phenoxy) is 1. The second kappa shape index (κ2) is 6.79. The van der Waals surface area contributed by atoms with Crippen molar-refractivity contribution in [2.24, 2.45) is 0 Å². The Labute approximate surface area is 162 Å². The van der Waals surface area contributed by atoms with Crippen molar-refractivity contribution >= 4 is 16.7 Å². The first kappa shape index (κ1) is 17.0. The average Bonchev–Trinajstić information content (AvgIpc) is 3.17. The van der Waals surface area contributed by atoms with Crippen molar-refractivity contribution in [3.8, 4) is 5.75 Å². The van der Waals surface area contributed by atoms with Gasteiger partial charge in [-0.3, -0.25) is 20.7 Å². The fourth-order valence-corrected chi connectivity index (χ4v) is 4.05. The third-order valence-electron chi connectivity index (χ3n) is 5.51. The summed E-state index contributed by atoms with van der Waals surface area (Å²) in [6.45, 7) is 2.91. The predicted octanol–water partition coefficient (Wildman–Crippen LogP) is 1.66. The highest BCUT2D eigenvalue weighted by Gasteiger charge is 2.25. The largest absolute Gasteiger partial charge is 0.494 e. The lowest BCUT2D eigenvalue weighted by atomic mass is 10.1. The molecule has 3 aromatic rings. The van der Waals surface area contributed by atoms with Crippen molar-refractivity contribution in [2.45, 2.75) is 25.6 Å². The van der Waals surface area contributed by atoms with Crippen LogP contribution in [-0.4, -0.2) is 45.9 Å². The van der Waals surface area contributed by atoms with E-state index < -0.39 is 0 Å². The molecule has 1 unspecified atom stereocenters. The molecule has 5 rings (SSSR count). The molecule has 0 bridgehead atoms. The molecule has 0 saturated carbocycles. The summed E-state index contributed by atoms with van der Waals surface area (Å²) < 4.78 is 7.13. The third kappa shape index (κ3) is 2.86. The zero-order chi connectivity index (χ0) is 19.1. The van der Waals surface area contributed by atoms with Crippen molar-refractivity contribution in [1.29, 1.82) is 5.41 Å². The Morgan fingerprint density at radius 3 is 3.11 bits per heavy atom. The molecule has 1 atom stereocenters. The molecule has 0 saturated heterocycles. The molecule has 8 heteroatoms. The molecular weight excluding hydrogens is 354 g/mol. The molecule has 4 heterocycles. The van der Waals surface area contributed by atoms with Crippen molar-refractivity contribution in [3.05, 3.63) is 53.4 Å². The number of nitrogens with one attached hydrogen (secondary N) is 3. The van der Waals surface area contributed by atoms with Gasteiger partial charge in [0, 0.05) is 37.6 Å². The summed E-state index contributed by atoms with van der Waals surface area (Å²) in [7, 11) is 1.63. The van der Waals surface area contributed by atoms with Crippen molar-refractivity contribution in [1.82, 2.24) is 19.5 Å². The van der Waals surface area contributed by atoms with E-state index in [-0.39, 0.29) is 11.8 Å². The normalized spacial score (nSPS) is 18.2. The molecule has 2 aromatic heterocycles. The van der Waals surface area contributed by atoms with Gasteiger partial charge >= 0.3 is 0 Å². The van der Waals surface area contributed by atoms with Crippen molar-refractivity contribution in [2.75, 3.05) is 30.9 Å². The number of anilines is 1. The lowest BCUT2D eigenvalue weighted by Gasteiger charge is -2.28. The van der Waals surface area contributed by atoms with Crippen molar-refractivity contribution in [3.63, 3.8) is 0 Å². The van der Waals surface area contributed by atoms with Crippen LogP contribution in [0.15, 0.2) is 36.5 Å². The summed E-state index contributed by atoms with van der Waals surface area (Å²) in [5, 5.41) is 12.7. The number of methoxy groups -OCH3 is 1. The van der Waals surface area contributed by atoms with Crippen LogP contribution in [0, 0.1) is 5.41 Å². The first-order valence-electron chi connectivity index (χ1n) is 9.55. The Kier molecular flexibility index (Phi) is 4.12. The monoisotopic (exact) mass is 377 g/mol. The van der Waals surface area contributed by atoms with Crippen LogP contribution < -0.4 is 21.1 Å². The van der Waals surface area contributed by atoms with Crippen LogP contribution in [0.5, 0.6) is 5.75 Å². The molecule has 0 spiro atoms. The van der Waals surface area contributed by atoms with E-state index in [1.165, 1.54) is 11.3 Å². The lowest BCUT2D eigenvalue weighted by molar-refractivity contribution is 0.244. The second-order valence-corrected chi connectivity index (χ2v) is 7.23. The maximum absolute atomic E-state index is 8.28. The maximum Gasteiger partial charge on any atom is 0.243 e. The zero-order valence-electron chi connectivity index (χ0n) is 15.8. The minimum absolute atomic E-state index is 0.0489. The highest BCUT2D eigenvalue weighted by molar-refractivity contribution is 5.93. The fourth-order valence-electron chi connectivity index (χ4n) is 4.05. The van der Waals surface area contributed by atoms with E-state index in [4.69, 9.17) is 10.1 Å². The summed E-state index contributed by atoms with van der Waals surface area (Å²) in [5.74, 6) is 1.55. The van der Waals surface area contributed by atoms with E-state index in [0.29, 0.717) is 11.3 Å². The quantitative estimate of drug-likeness (QED) is 0.641. The number of para-hydroxylation sites is 1. The van der Waals surface area contributed by atoms with E-state index in [9.17, 15) is 0 Å². The smallest absolute Gasteiger partial charge is 0.243 e. The van der Waals surface area contributed by atoms with Gasteiger partial charge in [0.25, 0.3) is 0 Å². The molecule has 2 aliphatic heterocycles. The third-order valence-corrected chi connectivity index (χ3v) is 5.51. The number of benzene rings is 1. The molecule has 0 radical (unpaired) electrons. The van der Waals surface area contributed by atoms with Crippen LogP contribution in [-0.2, 0) is 13.0 Å².